The van der Waals surface area contributed by atoms with Crippen molar-refractivity contribution in [2.45, 2.75) is 12.8 Å². The Morgan fingerprint density at radius 1 is 0.781 bits per heavy atom. The molecule has 32 heavy (non-hydrogen) atoms. The minimum atomic E-state index is -0.337. The number of anilines is 1. The lowest BCUT2D eigenvalue weighted by Crippen LogP contribution is -2.52. The van der Waals surface area contributed by atoms with Crippen LogP contribution < -0.4 is 10.2 Å². The van der Waals surface area contributed by atoms with E-state index in [2.05, 4.69) is 5.32 Å². The second kappa shape index (κ2) is 9.64. The minimum absolute atomic E-state index is 0.0370. The van der Waals surface area contributed by atoms with Crippen LogP contribution in [0.3, 0.4) is 0 Å². The van der Waals surface area contributed by atoms with E-state index in [-0.39, 0.29) is 30.2 Å². The van der Waals surface area contributed by atoms with Gasteiger partial charge in [0.05, 0.1) is 6.54 Å². The molecule has 0 bridgehead atoms. The first-order valence-electron chi connectivity index (χ1n) is 10.8. The van der Waals surface area contributed by atoms with Crippen molar-refractivity contribution in [1.82, 2.24) is 15.1 Å². The van der Waals surface area contributed by atoms with Gasteiger partial charge in [0, 0.05) is 56.0 Å². The Hall–Kier alpha value is -3.68. The number of hydrogen-bond donors (Lipinski definition) is 1. The Morgan fingerprint density at radius 3 is 2.06 bits per heavy atom. The minimum Gasteiger partial charge on any atom is -0.343 e. The summed E-state index contributed by atoms with van der Waals surface area (Å²) in [7, 11) is 0. The predicted octanol–water partition coefficient (Wildman–Crippen LogP) is 1.53. The van der Waals surface area contributed by atoms with E-state index in [1.165, 1.54) is 0 Å². The monoisotopic (exact) mass is 434 g/mol. The fourth-order valence-corrected chi connectivity index (χ4v) is 4.01. The van der Waals surface area contributed by atoms with Crippen LogP contribution in [0.25, 0.3) is 0 Å². The van der Waals surface area contributed by atoms with Crippen LogP contribution in [0.15, 0.2) is 54.6 Å². The number of amides is 4. The molecule has 4 amide bonds. The normalized spacial score (nSPS) is 16.2. The van der Waals surface area contributed by atoms with Crippen LogP contribution in [0.5, 0.6) is 0 Å². The molecule has 0 aliphatic carbocycles. The van der Waals surface area contributed by atoms with E-state index in [1.54, 1.807) is 51.1 Å². The van der Waals surface area contributed by atoms with E-state index in [1.807, 2.05) is 18.2 Å². The van der Waals surface area contributed by atoms with Gasteiger partial charge in [-0.15, -0.1) is 0 Å². The number of nitrogens with one attached hydrogen (secondary N) is 1. The molecular formula is C24H26N4O4. The van der Waals surface area contributed by atoms with E-state index >= 15 is 0 Å². The molecule has 8 nitrogen and oxygen atoms in total. The van der Waals surface area contributed by atoms with Gasteiger partial charge in [-0.05, 0) is 42.8 Å². The zero-order chi connectivity index (χ0) is 22.5. The maximum Gasteiger partial charge on any atom is 0.253 e. The van der Waals surface area contributed by atoms with Crippen LogP contribution in [0.4, 0.5) is 5.69 Å². The molecule has 2 aliphatic rings. The molecule has 2 aromatic rings. The summed E-state index contributed by atoms with van der Waals surface area (Å²) >= 11 is 0. The fraction of sp³-hybridized carbons (Fsp3) is 0.333. The number of benzene rings is 2. The molecular weight excluding hydrogens is 408 g/mol. The number of hydrogen-bond acceptors (Lipinski definition) is 4. The SMILES string of the molecule is O=C(NCC(=O)N1CCN(C(=O)c2ccccc2)CC1)c1ccc(N2CCCC2=O)cc1. The summed E-state index contributed by atoms with van der Waals surface area (Å²) in [6.45, 7) is 2.40. The number of piperazine rings is 1. The quantitative estimate of drug-likeness (QED) is 0.773. The molecule has 0 unspecified atom stereocenters. The van der Waals surface area contributed by atoms with Crippen LogP contribution in [-0.4, -0.2) is 72.7 Å². The summed E-state index contributed by atoms with van der Waals surface area (Å²) in [6.07, 6.45) is 1.40. The van der Waals surface area contributed by atoms with Crippen LogP contribution in [0.1, 0.15) is 33.6 Å². The van der Waals surface area contributed by atoms with E-state index in [9.17, 15) is 19.2 Å². The maximum absolute atomic E-state index is 12.5. The molecule has 2 saturated heterocycles. The van der Waals surface area contributed by atoms with Crippen molar-refractivity contribution < 1.29 is 19.2 Å². The molecule has 2 aromatic carbocycles. The van der Waals surface area contributed by atoms with Gasteiger partial charge in [0.1, 0.15) is 0 Å². The smallest absolute Gasteiger partial charge is 0.253 e. The first kappa shape index (κ1) is 21.5. The molecule has 2 heterocycles. The van der Waals surface area contributed by atoms with Crippen molar-refractivity contribution in [2.75, 3.05) is 44.2 Å². The van der Waals surface area contributed by atoms with Gasteiger partial charge in [-0.3, -0.25) is 19.2 Å². The largest absolute Gasteiger partial charge is 0.343 e. The summed E-state index contributed by atoms with van der Waals surface area (Å²) in [5.41, 5.74) is 1.86. The average molecular weight is 434 g/mol. The van der Waals surface area contributed by atoms with Crippen LogP contribution in [0.2, 0.25) is 0 Å². The third-order valence-corrected chi connectivity index (χ3v) is 5.86. The van der Waals surface area contributed by atoms with Gasteiger partial charge >= 0.3 is 0 Å². The van der Waals surface area contributed by atoms with Crippen LogP contribution in [0, 0.1) is 0 Å². The van der Waals surface area contributed by atoms with E-state index in [0.717, 1.165) is 12.1 Å². The van der Waals surface area contributed by atoms with Crippen LogP contribution >= 0.6 is 0 Å². The molecule has 1 N–H and O–H groups in total. The zero-order valence-corrected chi connectivity index (χ0v) is 17.8. The molecule has 2 aliphatic heterocycles. The Labute approximate surface area is 186 Å². The van der Waals surface area contributed by atoms with Gasteiger partial charge in [0.25, 0.3) is 11.8 Å². The van der Waals surface area contributed by atoms with E-state index < -0.39 is 0 Å². The predicted molar refractivity (Wildman–Crippen MR) is 119 cm³/mol. The highest BCUT2D eigenvalue weighted by atomic mass is 16.2. The lowest BCUT2D eigenvalue weighted by Gasteiger charge is -2.34. The molecule has 0 atom stereocenters. The standard InChI is InChI=1S/C24H26N4O4/c29-21-7-4-12-28(21)20-10-8-18(9-11-20)23(31)25-17-22(30)26-13-15-27(16-14-26)24(32)19-5-2-1-3-6-19/h1-3,5-6,8-11H,4,7,12-17H2,(H,25,31). The summed E-state index contributed by atoms with van der Waals surface area (Å²) in [6, 6.07) is 15.9. The molecule has 0 radical (unpaired) electrons. The van der Waals surface area contributed by atoms with Crippen molar-refractivity contribution in [3.63, 3.8) is 0 Å². The molecule has 0 saturated carbocycles. The molecule has 4 rings (SSSR count). The van der Waals surface area contributed by atoms with Crippen LogP contribution in [-0.2, 0) is 9.59 Å². The second-order valence-corrected chi connectivity index (χ2v) is 7.92. The summed E-state index contributed by atoms with van der Waals surface area (Å²) in [5.74, 6) is -0.455. The number of carbonyl (C=O) groups excluding carboxylic acids is 4. The Morgan fingerprint density at radius 2 is 1.44 bits per heavy atom. The van der Waals surface area contributed by atoms with Crippen molar-refractivity contribution in [3.8, 4) is 0 Å². The van der Waals surface area contributed by atoms with Gasteiger partial charge < -0.3 is 20.0 Å². The summed E-state index contributed by atoms with van der Waals surface area (Å²) in [4.78, 5) is 54.4. The Kier molecular flexibility index (Phi) is 6.49. The van der Waals surface area contributed by atoms with Gasteiger partial charge in [-0.1, -0.05) is 18.2 Å². The Balaban J connectivity index is 1.24. The average Bonchev–Trinajstić information content (AvgIpc) is 3.28. The lowest BCUT2D eigenvalue weighted by atomic mass is 10.1. The molecule has 2 fully saturated rings. The molecule has 166 valence electrons. The topological polar surface area (TPSA) is 90.0 Å². The molecule has 8 heteroatoms. The van der Waals surface area contributed by atoms with Gasteiger partial charge in [-0.25, -0.2) is 0 Å². The highest BCUT2D eigenvalue weighted by Crippen LogP contribution is 2.21. The number of nitrogens with zero attached hydrogens (tertiary/aromatic N) is 3. The fourth-order valence-electron chi connectivity index (χ4n) is 4.01. The first-order chi connectivity index (χ1) is 15.5. The number of rotatable bonds is 5. The van der Waals surface area contributed by atoms with E-state index in [0.29, 0.717) is 50.3 Å². The van der Waals surface area contributed by atoms with Crippen molar-refractivity contribution >= 4 is 29.3 Å². The van der Waals surface area contributed by atoms with Crippen molar-refractivity contribution in [3.05, 3.63) is 65.7 Å². The summed E-state index contributed by atoms with van der Waals surface area (Å²) in [5, 5.41) is 2.66. The van der Waals surface area contributed by atoms with Gasteiger partial charge in [-0.2, -0.15) is 0 Å². The van der Waals surface area contributed by atoms with Gasteiger partial charge in [0.2, 0.25) is 11.8 Å². The summed E-state index contributed by atoms with van der Waals surface area (Å²) < 4.78 is 0. The zero-order valence-electron chi connectivity index (χ0n) is 17.8. The highest BCUT2D eigenvalue weighted by molar-refractivity contribution is 5.98. The first-order valence-corrected chi connectivity index (χ1v) is 10.8. The third-order valence-electron chi connectivity index (χ3n) is 5.86. The van der Waals surface area contributed by atoms with Gasteiger partial charge in [0.15, 0.2) is 0 Å². The maximum atomic E-state index is 12.5. The van der Waals surface area contributed by atoms with Crippen molar-refractivity contribution in [1.29, 1.82) is 0 Å². The third kappa shape index (κ3) is 4.80. The number of carbonyl (C=O) groups is 4. The highest BCUT2D eigenvalue weighted by Gasteiger charge is 2.25. The van der Waals surface area contributed by atoms with E-state index in [4.69, 9.17) is 0 Å². The van der Waals surface area contributed by atoms with Crippen molar-refractivity contribution in [2.24, 2.45) is 0 Å². The molecule has 0 aromatic heterocycles. The Bertz CT molecular complexity index is 998. The second-order valence-electron chi connectivity index (χ2n) is 7.92. The molecule has 0 spiro atoms. The lowest BCUT2D eigenvalue weighted by molar-refractivity contribution is -0.131.